The maximum absolute atomic E-state index is 11.3. The third-order valence-corrected chi connectivity index (χ3v) is 7.66. The second-order valence-electron chi connectivity index (χ2n) is 11.6. The van der Waals surface area contributed by atoms with Gasteiger partial charge in [0.2, 0.25) is 0 Å². The molecule has 0 fully saturated rings. The Morgan fingerprint density at radius 3 is 1.57 bits per heavy atom. The standard InChI is InChI=1S/C34H67NO2/c1-5-7-8-9-19-22-25-28-33(31-32-35(3)4)29-26-23-20-17-15-13-11-10-12-14-16-18-21-24-27-30-34(36)37-6-2/h10,12,33H,5-9,11,13-32H2,1-4H3/b12-10-. The predicted molar refractivity (Wildman–Crippen MR) is 164 cm³/mol. The fraction of sp³-hybridized carbons (Fsp3) is 0.912. The number of esters is 1. The van der Waals surface area contributed by atoms with Crippen LogP contribution in [0.25, 0.3) is 0 Å². The lowest BCUT2D eigenvalue weighted by molar-refractivity contribution is -0.143. The summed E-state index contributed by atoms with van der Waals surface area (Å²) in [5, 5.41) is 0. The van der Waals surface area contributed by atoms with Gasteiger partial charge in [0.25, 0.3) is 0 Å². The smallest absolute Gasteiger partial charge is 0.305 e. The quantitative estimate of drug-likeness (QED) is 0.0557. The Hall–Kier alpha value is -0.830. The van der Waals surface area contributed by atoms with Crippen molar-refractivity contribution in [2.24, 2.45) is 5.92 Å². The van der Waals surface area contributed by atoms with Gasteiger partial charge in [-0.3, -0.25) is 4.79 Å². The van der Waals surface area contributed by atoms with Gasteiger partial charge in [-0.15, -0.1) is 0 Å². The van der Waals surface area contributed by atoms with Gasteiger partial charge in [-0.1, -0.05) is 128 Å². The molecule has 0 N–H and O–H groups in total. The van der Waals surface area contributed by atoms with Crippen LogP contribution in [0, 0.1) is 5.92 Å². The van der Waals surface area contributed by atoms with Gasteiger partial charge in [-0.05, 0) is 72.0 Å². The Kier molecular flexibility index (Phi) is 29.1. The molecule has 0 saturated carbocycles. The predicted octanol–water partition coefficient (Wildman–Crippen LogP) is 10.7. The minimum Gasteiger partial charge on any atom is -0.466 e. The molecule has 37 heavy (non-hydrogen) atoms. The fourth-order valence-electron chi connectivity index (χ4n) is 5.20. The molecule has 3 nitrogen and oxygen atoms in total. The molecule has 0 aliphatic rings. The number of ether oxygens (including phenoxy) is 1. The first-order valence-electron chi connectivity index (χ1n) is 16.5. The van der Waals surface area contributed by atoms with E-state index in [0.29, 0.717) is 13.0 Å². The van der Waals surface area contributed by atoms with E-state index in [0.717, 1.165) is 18.8 Å². The van der Waals surface area contributed by atoms with Crippen molar-refractivity contribution in [3.05, 3.63) is 12.2 Å². The van der Waals surface area contributed by atoms with Crippen LogP contribution in [0.2, 0.25) is 0 Å². The summed E-state index contributed by atoms with van der Waals surface area (Å²) < 4.78 is 4.97. The number of unbranched alkanes of at least 4 members (excludes halogenated alkanes) is 17. The lowest BCUT2D eigenvalue weighted by Gasteiger charge is -2.19. The lowest BCUT2D eigenvalue weighted by Crippen LogP contribution is -2.17. The Bertz CT molecular complexity index is 488. The third kappa shape index (κ3) is 29.6. The minimum atomic E-state index is -0.0382. The Morgan fingerprint density at radius 1 is 0.622 bits per heavy atom. The highest BCUT2D eigenvalue weighted by atomic mass is 16.5. The average Bonchev–Trinajstić information content (AvgIpc) is 2.88. The van der Waals surface area contributed by atoms with Crippen LogP contribution in [0.3, 0.4) is 0 Å². The molecule has 0 amide bonds. The second-order valence-corrected chi connectivity index (χ2v) is 11.6. The first kappa shape index (κ1) is 36.2. The molecule has 1 unspecified atom stereocenters. The van der Waals surface area contributed by atoms with Crippen molar-refractivity contribution >= 4 is 5.97 Å². The van der Waals surface area contributed by atoms with E-state index in [4.69, 9.17) is 4.74 Å². The van der Waals surface area contributed by atoms with Crippen molar-refractivity contribution in [2.75, 3.05) is 27.2 Å². The zero-order chi connectivity index (χ0) is 27.2. The molecule has 220 valence electrons. The van der Waals surface area contributed by atoms with Gasteiger partial charge in [0.1, 0.15) is 0 Å². The highest BCUT2D eigenvalue weighted by Gasteiger charge is 2.09. The number of hydrogen-bond acceptors (Lipinski definition) is 3. The van der Waals surface area contributed by atoms with Gasteiger partial charge in [0.15, 0.2) is 0 Å². The SMILES string of the molecule is CCCCCCCCCC(CCCCCCCC/C=C\CCCCCCCC(=O)OCC)CCN(C)C. The van der Waals surface area contributed by atoms with Gasteiger partial charge >= 0.3 is 5.97 Å². The van der Waals surface area contributed by atoms with Crippen LogP contribution in [-0.2, 0) is 9.53 Å². The monoisotopic (exact) mass is 522 g/mol. The maximum Gasteiger partial charge on any atom is 0.305 e. The van der Waals surface area contributed by atoms with Crippen LogP contribution in [-0.4, -0.2) is 38.1 Å². The number of carbonyl (C=O) groups is 1. The summed E-state index contributed by atoms with van der Waals surface area (Å²) in [5.41, 5.74) is 0. The average molecular weight is 522 g/mol. The normalized spacial score (nSPS) is 12.6. The third-order valence-electron chi connectivity index (χ3n) is 7.66. The zero-order valence-electron chi connectivity index (χ0n) is 25.9. The molecule has 0 aromatic heterocycles. The van der Waals surface area contributed by atoms with Crippen molar-refractivity contribution in [3.63, 3.8) is 0 Å². The Morgan fingerprint density at radius 2 is 1.08 bits per heavy atom. The largest absolute Gasteiger partial charge is 0.466 e. The number of hydrogen-bond donors (Lipinski definition) is 0. The van der Waals surface area contributed by atoms with Gasteiger partial charge < -0.3 is 9.64 Å². The molecule has 0 rings (SSSR count). The molecule has 0 aliphatic carbocycles. The van der Waals surface area contributed by atoms with Gasteiger partial charge in [-0.2, -0.15) is 0 Å². The number of rotatable bonds is 29. The summed E-state index contributed by atoms with van der Waals surface area (Å²) in [4.78, 5) is 13.7. The van der Waals surface area contributed by atoms with Gasteiger partial charge in [-0.25, -0.2) is 0 Å². The summed E-state index contributed by atoms with van der Waals surface area (Å²) in [7, 11) is 4.44. The minimum absolute atomic E-state index is 0.0382. The summed E-state index contributed by atoms with van der Waals surface area (Å²) >= 11 is 0. The van der Waals surface area contributed by atoms with E-state index in [1.807, 2.05) is 6.92 Å². The van der Waals surface area contributed by atoms with Crippen LogP contribution in [0.15, 0.2) is 12.2 Å². The molecule has 0 spiro atoms. The Balaban J connectivity index is 3.56. The molecule has 3 heteroatoms. The van der Waals surface area contributed by atoms with E-state index < -0.39 is 0 Å². The van der Waals surface area contributed by atoms with Gasteiger partial charge in [0.05, 0.1) is 6.61 Å². The van der Waals surface area contributed by atoms with Gasteiger partial charge in [0, 0.05) is 6.42 Å². The molecule has 0 heterocycles. The van der Waals surface area contributed by atoms with E-state index in [1.165, 1.54) is 141 Å². The van der Waals surface area contributed by atoms with E-state index in [9.17, 15) is 4.79 Å². The highest BCUT2D eigenvalue weighted by molar-refractivity contribution is 5.69. The molecule has 0 aliphatic heterocycles. The lowest BCUT2D eigenvalue weighted by atomic mass is 9.91. The highest BCUT2D eigenvalue weighted by Crippen LogP contribution is 2.22. The molecule has 0 aromatic carbocycles. The molecule has 0 bridgehead atoms. The summed E-state index contributed by atoms with van der Waals surface area (Å²) in [5.74, 6) is 0.913. The number of allylic oxidation sites excluding steroid dienone is 2. The van der Waals surface area contributed by atoms with Crippen molar-refractivity contribution in [3.8, 4) is 0 Å². The fourth-order valence-corrected chi connectivity index (χ4v) is 5.20. The molecule has 0 saturated heterocycles. The van der Waals surface area contributed by atoms with Crippen LogP contribution >= 0.6 is 0 Å². The summed E-state index contributed by atoms with van der Waals surface area (Å²) in [6.45, 7) is 5.93. The first-order chi connectivity index (χ1) is 18.1. The number of nitrogens with zero attached hydrogens (tertiary/aromatic N) is 1. The molecular formula is C34H67NO2. The van der Waals surface area contributed by atoms with Crippen molar-refractivity contribution in [1.82, 2.24) is 4.90 Å². The Labute approximate surface area is 233 Å². The first-order valence-corrected chi connectivity index (χ1v) is 16.5. The molecule has 0 aromatic rings. The molecule has 0 radical (unpaired) electrons. The van der Waals surface area contributed by atoms with E-state index in [-0.39, 0.29) is 5.97 Å². The van der Waals surface area contributed by atoms with Crippen LogP contribution in [0.5, 0.6) is 0 Å². The second kappa shape index (κ2) is 29.7. The van der Waals surface area contributed by atoms with Crippen molar-refractivity contribution in [2.45, 2.75) is 168 Å². The van der Waals surface area contributed by atoms with Crippen molar-refractivity contribution < 1.29 is 9.53 Å². The molecular weight excluding hydrogens is 454 g/mol. The van der Waals surface area contributed by atoms with E-state index >= 15 is 0 Å². The number of carbonyl (C=O) groups excluding carboxylic acids is 1. The summed E-state index contributed by atoms with van der Waals surface area (Å²) in [6.07, 6.45) is 36.6. The van der Waals surface area contributed by atoms with Crippen molar-refractivity contribution in [1.29, 1.82) is 0 Å². The topological polar surface area (TPSA) is 29.5 Å². The molecule has 1 atom stereocenters. The summed E-state index contributed by atoms with van der Waals surface area (Å²) in [6, 6.07) is 0. The van der Waals surface area contributed by atoms with E-state index in [1.54, 1.807) is 0 Å². The van der Waals surface area contributed by atoms with E-state index in [2.05, 4.69) is 38.1 Å². The van der Waals surface area contributed by atoms with Crippen LogP contribution in [0.1, 0.15) is 168 Å². The maximum atomic E-state index is 11.3. The zero-order valence-corrected chi connectivity index (χ0v) is 25.9. The van der Waals surface area contributed by atoms with Crippen LogP contribution < -0.4 is 0 Å². The van der Waals surface area contributed by atoms with Crippen LogP contribution in [0.4, 0.5) is 0 Å².